The van der Waals surface area contributed by atoms with E-state index in [1.54, 1.807) is 0 Å². The van der Waals surface area contributed by atoms with E-state index in [1.807, 2.05) is 59.7 Å². The predicted molar refractivity (Wildman–Crippen MR) is 80.1 cm³/mol. The molecule has 0 aromatic heterocycles. The number of nitrogens with one attached hydrogen (secondary N) is 1. The molecule has 0 radical (unpaired) electrons. The third-order valence-corrected chi connectivity index (χ3v) is 2.33. The highest BCUT2D eigenvalue weighted by Crippen LogP contribution is 2.21. The third-order valence-electron chi connectivity index (χ3n) is 1.84. The first-order valence-electron chi connectivity index (χ1n) is 6.04. The van der Waals surface area contributed by atoms with Gasteiger partial charge >= 0.3 is 6.09 Å². The van der Waals surface area contributed by atoms with Crippen molar-refractivity contribution in [1.82, 2.24) is 0 Å². The van der Waals surface area contributed by atoms with Gasteiger partial charge in [0, 0.05) is 10.2 Å². The maximum Gasteiger partial charge on any atom is 0.412 e. The van der Waals surface area contributed by atoms with E-state index in [-0.39, 0.29) is 0 Å². The zero-order chi connectivity index (χ0) is 14.3. The number of amides is 1. The zero-order valence-corrected chi connectivity index (χ0v) is 13.5. The maximum absolute atomic E-state index is 11.5. The van der Waals surface area contributed by atoms with E-state index in [1.165, 1.54) is 0 Å². The van der Waals surface area contributed by atoms with Gasteiger partial charge < -0.3 is 4.74 Å². The molecule has 0 saturated carbocycles. The molecule has 0 fully saturated rings. The number of halogens is 1. The molecule has 18 heavy (non-hydrogen) atoms. The molecule has 102 valence electrons. The molecular formula is C14H22BrNO2. The number of benzene rings is 1. The quantitative estimate of drug-likeness (QED) is 0.780. The summed E-state index contributed by atoms with van der Waals surface area (Å²) in [5.41, 5.74) is 1.27. The van der Waals surface area contributed by atoms with Crippen LogP contribution < -0.4 is 5.32 Å². The number of carbonyl (C=O) groups excluding carboxylic acids is 1. The molecule has 3 nitrogen and oxygen atoms in total. The molecule has 1 aromatic rings. The lowest BCUT2D eigenvalue weighted by Gasteiger charge is -2.20. The molecule has 0 unspecified atom stereocenters. The smallest absolute Gasteiger partial charge is 0.412 e. The lowest BCUT2D eigenvalue weighted by atomic mass is 10.2. The second kappa shape index (κ2) is 7.41. The summed E-state index contributed by atoms with van der Waals surface area (Å²) in [5.74, 6) is 0. The van der Waals surface area contributed by atoms with Crippen LogP contribution in [0.1, 0.15) is 40.2 Å². The van der Waals surface area contributed by atoms with Crippen LogP contribution >= 0.6 is 15.9 Å². The second-order valence-corrected chi connectivity index (χ2v) is 5.50. The summed E-state index contributed by atoms with van der Waals surface area (Å²) in [4.78, 5) is 11.5. The van der Waals surface area contributed by atoms with E-state index in [0.717, 1.165) is 15.7 Å². The van der Waals surface area contributed by atoms with Gasteiger partial charge in [-0.1, -0.05) is 35.8 Å². The Balaban J connectivity index is 0.00000137. The van der Waals surface area contributed by atoms with E-state index in [4.69, 9.17) is 4.74 Å². The first kappa shape index (κ1) is 17.0. The van der Waals surface area contributed by atoms with E-state index in [2.05, 4.69) is 21.2 Å². The molecule has 0 aliphatic carbocycles. The van der Waals surface area contributed by atoms with Crippen LogP contribution in [0, 0.1) is 6.92 Å². The van der Waals surface area contributed by atoms with Crippen LogP contribution in [0.15, 0.2) is 22.7 Å². The van der Waals surface area contributed by atoms with Gasteiger partial charge in [-0.25, -0.2) is 4.79 Å². The van der Waals surface area contributed by atoms with Crippen LogP contribution in [0.4, 0.5) is 10.5 Å². The largest absolute Gasteiger partial charge is 0.444 e. The number of hydrogen-bond acceptors (Lipinski definition) is 2. The minimum absolute atomic E-state index is 0.436. The molecule has 0 bridgehead atoms. The number of hydrogen-bond donors (Lipinski definition) is 1. The molecule has 0 spiro atoms. The van der Waals surface area contributed by atoms with Crippen molar-refractivity contribution in [2.45, 2.75) is 47.1 Å². The van der Waals surface area contributed by atoms with Crippen LogP contribution in [-0.4, -0.2) is 11.7 Å². The Labute approximate surface area is 118 Å². The van der Waals surface area contributed by atoms with E-state index in [9.17, 15) is 4.79 Å². The molecule has 0 saturated heterocycles. The van der Waals surface area contributed by atoms with Gasteiger partial charge in [0.25, 0.3) is 0 Å². The number of ether oxygens (including phenoxy) is 1. The Kier molecular flexibility index (Phi) is 6.99. The van der Waals surface area contributed by atoms with Crippen molar-refractivity contribution in [3.8, 4) is 0 Å². The minimum atomic E-state index is -0.482. The number of anilines is 1. The van der Waals surface area contributed by atoms with E-state index >= 15 is 0 Å². The van der Waals surface area contributed by atoms with Gasteiger partial charge in [0.05, 0.1) is 0 Å². The SMILES string of the molecule is CC.Cc1ccc(Br)cc1NC(=O)OC(C)(C)C. The molecular weight excluding hydrogens is 294 g/mol. The molecule has 4 heteroatoms. The molecule has 0 heterocycles. The highest BCUT2D eigenvalue weighted by Gasteiger charge is 2.16. The van der Waals surface area contributed by atoms with Gasteiger partial charge in [-0.2, -0.15) is 0 Å². The van der Waals surface area contributed by atoms with Gasteiger partial charge in [0.2, 0.25) is 0 Å². The van der Waals surface area contributed by atoms with Gasteiger partial charge in [-0.05, 0) is 45.4 Å². The minimum Gasteiger partial charge on any atom is -0.444 e. The van der Waals surface area contributed by atoms with Crippen LogP contribution in [0.3, 0.4) is 0 Å². The predicted octanol–water partition coefficient (Wildman–Crippen LogP) is 5.13. The summed E-state index contributed by atoms with van der Waals surface area (Å²) in [7, 11) is 0. The Bertz CT molecular complexity index is 397. The summed E-state index contributed by atoms with van der Waals surface area (Å²) in [6, 6.07) is 5.70. The van der Waals surface area contributed by atoms with Gasteiger partial charge in [-0.15, -0.1) is 0 Å². The molecule has 1 amide bonds. The fourth-order valence-electron chi connectivity index (χ4n) is 1.14. The summed E-state index contributed by atoms with van der Waals surface area (Å²) in [6.45, 7) is 11.4. The fraction of sp³-hybridized carbons (Fsp3) is 0.500. The third kappa shape index (κ3) is 6.64. The number of rotatable bonds is 1. The Morgan fingerprint density at radius 3 is 2.33 bits per heavy atom. The maximum atomic E-state index is 11.5. The van der Waals surface area contributed by atoms with Crippen LogP contribution in [0.2, 0.25) is 0 Å². The Hall–Kier alpha value is -1.03. The lowest BCUT2D eigenvalue weighted by molar-refractivity contribution is 0.0636. The fourth-order valence-corrected chi connectivity index (χ4v) is 1.50. The molecule has 1 rings (SSSR count). The first-order chi connectivity index (χ1) is 8.28. The van der Waals surface area contributed by atoms with Crippen molar-refractivity contribution in [3.05, 3.63) is 28.2 Å². The van der Waals surface area contributed by atoms with Crippen LogP contribution in [0.5, 0.6) is 0 Å². The second-order valence-electron chi connectivity index (χ2n) is 4.59. The Morgan fingerprint density at radius 2 is 1.83 bits per heavy atom. The lowest BCUT2D eigenvalue weighted by Crippen LogP contribution is -2.27. The molecule has 1 N–H and O–H groups in total. The van der Waals surface area contributed by atoms with Gasteiger partial charge in [0.15, 0.2) is 0 Å². The van der Waals surface area contributed by atoms with Crippen molar-refractivity contribution in [3.63, 3.8) is 0 Å². The summed E-state index contributed by atoms with van der Waals surface area (Å²) >= 11 is 3.36. The van der Waals surface area contributed by atoms with Crippen molar-refractivity contribution in [2.75, 3.05) is 5.32 Å². The molecule has 0 aliphatic heterocycles. The summed E-state index contributed by atoms with van der Waals surface area (Å²) < 4.78 is 6.09. The highest BCUT2D eigenvalue weighted by atomic mass is 79.9. The van der Waals surface area contributed by atoms with Crippen molar-refractivity contribution in [1.29, 1.82) is 0 Å². The van der Waals surface area contributed by atoms with E-state index < -0.39 is 11.7 Å². The first-order valence-corrected chi connectivity index (χ1v) is 6.83. The number of carbonyl (C=O) groups is 1. The zero-order valence-electron chi connectivity index (χ0n) is 11.9. The average Bonchev–Trinajstić information content (AvgIpc) is 2.23. The van der Waals surface area contributed by atoms with Crippen LogP contribution in [0.25, 0.3) is 0 Å². The molecule has 0 aliphatic rings. The van der Waals surface area contributed by atoms with Crippen molar-refractivity contribution in [2.24, 2.45) is 0 Å². The molecule has 1 aromatic carbocycles. The number of aryl methyl sites for hydroxylation is 1. The van der Waals surface area contributed by atoms with Crippen molar-refractivity contribution < 1.29 is 9.53 Å². The Morgan fingerprint density at radius 1 is 1.28 bits per heavy atom. The van der Waals surface area contributed by atoms with Gasteiger partial charge in [-0.3, -0.25) is 5.32 Å². The monoisotopic (exact) mass is 315 g/mol. The normalized spacial score (nSPS) is 10.2. The standard InChI is InChI=1S/C12H16BrNO2.C2H6/c1-8-5-6-9(13)7-10(8)14-11(15)16-12(2,3)4;1-2/h5-7H,1-4H3,(H,14,15);1-2H3. The van der Waals surface area contributed by atoms with E-state index in [0.29, 0.717) is 0 Å². The topological polar surface area (TPSA) is 38.3 Å². The highest BCUT2D eigenvalue weighted by molar-refractivity contribution is 9.10. The van der Waals surface area contributed by atoms with Crippen molar-refractivity contribution >= 4 is 27.7 Å². The van der Waals surface area contributed by atoms with Crippen LogP contribution in [-0.2, 0) is 4.74 Å². The summed E-state index contributed by atoms with van der Waals surface area (Å²) in [5, 5.41) is 2.72. The van der Waals surface area contributed by atoms with Gasteiger partial charge in [0.1, 0.15) is 5.60 Å². The molecule has 0 atom stereocenters. The summed E-state index contributed by atoms with van der Waals surface area (Å²) in [6.07, 6.45) is -0.436. The average molecular weight is 316 g/mol.